The number of fused-ring (bicyclic) bond motifs is 4. The summed E-state index contributed by atoms with van der Waals surface area (Å²) in [5.74, 6) is 1.67. The van der Waals surface area contributed by atoms with Crippen molar-refractivity contribution in [2.24, 2.45) is 5.92 Å². The molecule has 0 spiro atoms. The van der Waals surface area contributed by atoms with Crippen LogP contribution in [0.5, 0.6) is 0 Å². The molecule has 0 aliphatic carbocycles. The van der Waals surface area contributed by atoms with Gasteiger partial charge in [0, 0.05) is 36.3 Å². The fourth-order valence-electron chi connectivity index (χ4n) is 3.92. The minimum absolute atomic E-state index is 0.0485. The summed E-state index contributed by atoms with van der Waals surface area (Å²) >= 11 is 1.58. The van der Waals surface area contributed by atoms with E-state index < -0.39 is 0 Å². The van der Waals surface area contributed by atoms with Crippen molar-refractivity contribution in [3.05, 3.63) is 34.7 Å². The molecule has 2 atom stereocenters. The van der Waals surface area contributed by atoms with Crippen molar-refractivity contribution < 1.29 is 4.79 Å². The van der Waals surface area contributed by atoms with Crippen LogP contribution in [0.1, 0.15) is 43.9 Å². The fraction of sp³-hybridized carbons (Fsp3) is 0.556. The molecule has 6 nitrogen and oxygen atoms in total. The first-order chi connectivity index (χ1) is 12.1. The average molecular weight is 357 g/mol. The van der Waals surface area contributed by atoms with Crippen LogP contribution in [0, 0.1) is 5.92 Å². The topological polar surface area (TPSA) is 62.2 Å². The van der Waals surface area contributed by atoms with Gasteiger partial charge >= 0.3 is 0 Å². The number of aromatic nitrogens is 3. The first-order valence-electron chi connectivity index (χ1n) is 8.86. The van der Waals surface area contributed by atoms with Crippen LogP contribution >= 0.6 is 11.3 Å². The highest BCUT2D eigenvalue weighted by Gasteiger charge is 2.41. The Balaban J connectivity index is 1.62. The molecule has 0 radical (unpaired) electrons. The van der Waals surface area contributed by atoms with Crippen LogP contribution in [-0.2, 0) is 11.3 Å². The third-order valence-electron chi connectivity index (χ3n) is 5.25. The summed E-state index contributed by atoms with van der Waals surface area (Å²) in [5.41, 5.74) is 3.97. The van der Waals surface area contributed by atoms with E-state index in [1.165, 1.54) is 0 Å². The number of hydrogen-bond donors (Lipinski definition) is 0. The van der Waals surface area contributed by atoms with Crippen molar-refractivity contribution in [3.8, 4) is 0 Å². The molecule has 132 valence electrons. The summed E-state index contributed by atoms with van der Waals surface area (Å²) in [6.45, 7) is 6.53. The molecule has 2 aromatic heterocycles. The van der Waals surface area contributed by atoms with Crippen LogP contribution in [0.4, 0.5) is 5.82 Å². The lowest BCUT2D eigenvalue weighted by molar-refractivity contribution is -0.140. The lowest BCUT2D eigenvalue weighted by Gasteiger charge is -2.35. The Labute approximate surface area is 151 Å². The largest absolute Gasteiger partial charge is 0.353 e. The van der Waals surface area contributed by atoms with Crippen LogP contribution in [0.2, 0.25) is 0 Å². The molecule has 7 heteroatoms. The smallest absolute Gasteiger partial charge is 0.228 e. The highest BCUT2D eigenvalue weighted by atomic mass is 32.1. The maximum absolute atomic E-state index is 13.0. The zero-order valence-corrected chi connectivity index (χ0v) is 15.4. The van der Waals surface area contributed by atoms with Gasteiger partial charge in [0.25, 0.3) is 0 Å². The second-order valence-corrected chi connectivity index (χ2v) is 7.95. The van der Waals surface area contributed by atoms with E-state index in [4.69, 9.17) is 0 Å². The van der Waals surface area contributed by atoms with E-state index in [0.29, 0.717) is 12.5 Å². The molecule has 1 amide bonds. The third kappa shape index (κ3) is 3.13. The first kappa shape index (κ1) is 16.4. The number of rotatable bonds is 4. The molecule has 0 unspecified atom stereocenters. The van der Waals surface area contributed by atoms with Crippen molar-refractivity contribution in [1.82, 2.24) is 19.9 Å². The van der Waals surface area contributed by atoms with Gasteiger partial charge in [-0.1, -0.05) is 13.8 Å². The molecule has 0 N–H and O–H groups in total. The minimum Gasteiger partial charge on any atom is -0.353 e. The van der Waals surface area contributed by atoms with Gasteiger partial charge in [-0.15, -0.1) is 11.3 Å². The number of thiazole rings is 1. The average Bonchev–Trinajstić information content (AvgIpc) is 2.98. The van der Waals surface area contributed by atoms with Crippen LogP contribution in [0.25, 0.3) is 0 Å². The lowest BCUT2D eigenvalue weighted by atomic mass is 9.94. The van der Waals surface area contributed by atoms with Crippen LogP contribution in [-0.4, -0.2) is 44.9 Å². The molecule has 2 aromatic rings. The molecule has 2 bridgehead atoms. The summed E-state index contributed by atoms with van der Waals surface area (Å²) in [7, 11) is 0. The lowest BCUT2D eigenvalue weighted by Crippen LogP contribution is -2.47. The molecule has 3 aliphatic rings. The van der Waals surface area contributed by atoms with Crippen LogP contribution in [0.3, 0.4) is 0 Å². The molecule has 5 rings (SSSR count). The van der Waals surface area contributed by atoms with Gasteiger partial charge in [-0.05, 0) is 18.8 Å². The van der Waals surface area contributed by atoms with Crippen molar-refractivity contribution in [2.45, 2.75) is 45.2 Å². The van der Waals surface area contributed by atoms with Gasteiger partial charge in [0.1, 0.15) is 12.1 Å². The number of carbonyl (C=O) groups excluding carboxylic acids is 1. The zero-order valence-electron chi connectivity index (χ0n) is 14.6. The molecule has 0 saturated carbocycles. The van der Waals surface area contributed by atoms with Gasteiger partial charge < -0.3 is 9.80 Å². The molecule has 3 aliphatic heterocycles. The maximum Gasteiger partial charge on any atom is 0.228 e. The number of anilines is 1. The van der Waals surface area contributed by atoms with Crippen molar-refractivity contribution in [3.63, 3.8) is 0 Å². The first-order valence-corrected chi connectivity index (χ1v) is 9.80. The predicted molar refractivity (Wildman–Crippen MR) is 97.5 cm³/mol. The quantitative estimate of drug-likeness (QED) is 0.842. The number of nitrogens with zero attached hydrogens (tertiary/aromatic N) is 5. The highest BCUT2D eigenvalue weighted by molar-refractivity contribution is 7.07. The Morgan fingerprint density at radius 3 is 2.92 bits per heavy atom. The molecule has 3 fully saturated rings. The van der Waals surface area contributed by atoms with E-state index in [2.05, 4.69) is 33.7 Å². The summed E-state index contributed by atoms with van der Waals surface area (Å²) in [6.07, 6.45) is 5.55. The molecule has 3 saturated heterocycles. The van der Waals surface area contributed by atoms with Gasteiger partial charge in [0.15, 0.2) is 0 Å². The molecular formula is C18H23N5OS. The second-order valence-electron chi connectivity index (χ2n) is 7.24. The number of amides is 1. The van der Waals surface area contributed by atoms with Crippen LogP contribution in [0.15, 0.2) is 23.4 Å². The van der Waals surface area contributed by atoms with Gasteiger partial charge in [0.05, 0.1) is 23.7 Å². The normalized spacial score (nSPS) is 23.4. The standard InChI is InChI=1S/C18H23N5OS/c1-12(2)16-5-19-10-20-17(16)22-6-13-3-4-15(8-22)23(18(13)24)7-14-9-25-11-21-14/h5,9-13,15H,3-4,6-8H2,1-2H3/t13-,15+/m1/s1. The van der Waals surface area contributed by atoms with Crippen molar-refractivity contribution in [2.75, 3.05) is 18.0 Å². The molecule has 0 aromatic carbocycles. The minimum atomic E-state index is 0.0485. The van der Waals surface area contributed by atoms with E-state index in [9.17, 15) is 4.79 Å². The van der Waals surface area contributed by atoms with E-state index in [0.717, 1.165) is 43.0 Å². The highest BCUT2D eigenvalue weighted by Crippen LogP contribution is 2.34. The van der Waals surface area contributed by atoms with Crippen molar-refractivity contribution in [1.29, 1.82) is 0 Å². The van der Waals surface area contributed by atoms with Crippen molar-refractivity contribution >= 4 is 23.1 Å². The Morgan fingerprint density at radius 1 is 1.28 bits per heavy atom. The molecular weight excluding hydrogens is 334 g/mol. The van der Waals surface area contributed by atoms with E-state index in [1.54, 1.807) is 17.7 Å². The second kappa shape index (κ2) is 6.71. The third-order valence-corrected chi connectivity index (χ3v) is 5.88. The van der Waals surface area contributed by atoms with Gasteiger partial charge in [0.2, 0.25) is 5.91 Å². The Bertz CT molecular complexity index is 748. The fourth-order valence-corrected chi connectivity index (χ4v) is 4.47. The van der Waals surface area contributed by atoms with Crippen LogP contribution < -0.4 is 4.90 Å². The summed E-state index contributed by atoms with van der Waals surface area (Å²) in [6, 6.07) is 0.225. The Hall–Kier alpha value is -2.02. The predicted octanol–water partition coefficient (Wildman–Crippen LogP) is 2.68. The molecule has 25 heavy (non-hydrogen) atoms. The number of carbonyl (C=O) groups is 1. The Kier molecular flexibility index (Phi) is 4.41. The van der Waals surface area contributed by atoms with E-state index >= 15 is 0 Å². The monoisotopic (exact) mass is 357 g/mol. The maximum atomic E-state index is 13.0. The Morgan fingerprint density at radius 2 is 2.16 bits per heavy atom. The van der Waals surface area contributed by atoms with Gasteiger partial charge in [-0.2, -0.15) is 0 Å². The van der Waals surface area contributed by atoms with Gasteiger partial charge in [-0.3, -0.25) is 4.79 Å². The SMILES string of the molecule is CC(C)c1cncnc1N1C[C@H]2CC[C@@H](C1)N(Cc1cscn1)C2=O. The molecule has 5 heterocycles. The van der Waals surface area contributed by atoms with E-state index in [-0.39, 0.29) is 17.9 Å². The summed E-state index contributed by atoms with van der Waals surface area (Å²) in [5, 5.41) is 2.03. The zero-order chi connectivity index (χ0) is 17.4. The van der Waals surface area contributed by atoms with Gasteiger partial charge in [-0.25, -0.2) is 15.0 Å². The van der Waals surface area contributed by atoms with E-state index in [1.807, 2.05) is 22.0 Å². The summed E-state index contributed by atoms with van der Waals surface area (Å²) in [4.78, 5) is 30.4. The number of hydrogen-bond acceptors (Lipinski definition) is 6. The number of piperidine rings is 1. The summed E-state index contributed by atoms with van der Waals surface area (Å²) < 4.78 is 0.